The predicted molar refractivity (Wildman–Crippen MR) is 123 cm³/mol. The van der Waals surface area contributed by atoms with Gasteiger partial charge >= 0.3 is 0 Å². The van der Waals surface area contributed by atoms with Gasteiger partial charge in [-0.1, -0.05) is 13.0 Å². The molecule has 0 aliphatic carbocycles. The van der Waals surface area contributed by atoms with Gasteiger partial charge in [-0.3, -0.25) is 9.78 Å². The Balaban J connectivity index is 1.64. The van der Waals surface area contributed by atoms with Crippen LogP contribution in [-0.4, -0.2) is 38.9 Å². The zero-order valence-electron chi connectivity index (χ0n) is 17.5. The van der Waals surface area contributed by atoms with Crippen LogP contribution in [0.3, 0.4) is 0 Å². The summed E-state index contributed by atoms with van der Waals surface area (Å²) in [6.45, 7) is 4.04. The summed E-state index contributed by atoms with van der Waals surface area (Å²) in [7, 11) is -3.64. The van der Waals surface area contributed by atoms with Crippen molar-refractivity contribution in [3.8, 4) is 0 Å². The molecular formula is C23H26N4O3S. The van der Waals surface area contributed by atoms with Gasteiger partial charge in [0.1, 0.15) is 0 Å². The van der Waals surface area contributed by atoms with Crippen molar-refractivity contribution in [3.63, 3.8) is 0 Å². The van der Waals surface area contributed by atoms with Gasteiger partial charge < -0.3 is 10.2 Å². The Morgan fingerprint density at radius 2 is 1.87 bits per heavy atom. The van der Waals surface area contributed by atoms with Crippen LogP contribution < -0.4 is 14.9 Å². The van der Waals surface area contributed by atoms with Crippen molar-refractivity contribution in [1.82, 2.24) is 9.71 Å². The van der Waals surface area contributed by atoms with Crippen LogP contribution in [0.5, 0.6) is 0 Å². The highest BCUT2D eigenvalue weighted by Crippen LogP contribution is 2.33. The lowest BCUT2D eigenvalue weighted by Gasteiger charge is -2.30. The fourth-order valence-corrected chi connectivity index (χ4v) is 5.05. The molecule has 0 radical (unpaired) electrons. The summed E-state index contributed by atoms with van der Waals surface area (Å²) >= 11 is 0. The first-order valence-electron chi connectivity index (χ1n) is 10.5. The Kier molecular flexibility index (Phi) is 6.20. The van der Waals surface area contributed by atoms with Crippen molar-refractivity contribution in [3.05, 3.63) is 60.4 Å². The van der Waals surface area contributed by atoms with Crippen LogP contribution >= 0.6 is 0 Å². The van der Waals surface area contributed by atoms with Crippen molar-refractivity contribution in [2.75, 3.05) is 29.9 Å². The first-order valence-corrected chi connectivity index (χ1v) is 12.0. The number of piperidine rings is 1. The average Bonchev–Trinajstić information content (AvgIpc) is 2.80. The second-order valence-corrected chi connectivity index (χ2v) is 9.35. The first kappa shape index (κ1) is 21.3. The Hall–Kier alpha value is -2.97. The number of fused-ring (bicyclic) bond motifs is 1. The highest BCUT2D eigenvalue weighted by molar-refractivity contribution is 7.89. The zero-order chi connectivity index (χ0) is 21.8. The van der Waals surface area contributed by atoms with Gasteiger partial charge in [0.05, 0.1) is 10.6 Å². The lowest BCUT2D eigenvalue weighted by atomic mass is 10.0. The topological polar surface area (TPSA) is 91.4 Å². The molecule has 1 amide bonds. The number of anilines is 2. The number of amides is 1. The third-order valence-corrected chi connectivity index (χ3v) is 7.02. The minimum atomic E-state index is -3.64. The van der Waals surface area contributed by atoms with Gasteiger partial charge in [0.2, 0.25) is 10.0 Å². The number of nitrogens with zero attached hydrogens (tertiary/aromatic N) is 2. The maximum Gasteiger partial charge on any atom is 0.255 e. The van der Waals surface area contributed by atoms with E-state index in [1.54, 1.807) is 31.5 Å². The molecule has 1 aliphatic rings. The molecule has 0 saturated carbocycles. The summed E-state index contributed by atoms with van der Waals surface area (Å²) in [5.41, 5.74) is 2.07. The van der Waals surface area contributed by atoms with E-state index in [-0.39, 0.29) is 22.9 Å². The summed E-state index contributed by atoms with van der Waals surface area (Å²) < 4.78 is 27.0. The quantitative estimate of drug-likeness (QED) is 0.611. The van der Waals surface area contributed by atoms with E-state index in [9.17, 15) is 13.2 Å². The molecule has 1 aromatic heterocycles. The van der Waals surface area contributed by atoms with Crippen molar-refractivity contribution >= 4 is 38.1 Å². The molecule has 1 fully saturated rings. The van der Waals surface area contributed by atoms with Gasteiger partial charge in [0.25, 0.3) is 5.91 Å². The van der Waals surface area contributed by atoms with E-state index in [1.165, 1.54) is 31.4 Å². The summed E-state index contributed by atoms with van der Waals surface area (Å²) in [5, 5.41) is 4.83. The fraction of sp³-hybridized carbons (Fsp3) is 0.304. The third-order valence-electron chi connectivity index (χ3n) is 5.48. The maximum atomic E-state index is 12.9. The van der Waals surface area contributed by atoms with E-state index in [0.29, 0.717) is 5.69 Å². The minimum Gasteiger partial charge on any atom is -0.371 e. The number of hydrogen-bond donors (Lipinski definition) is 2. The van der Waals surface area contributed by atoms with Gasteiger partial charge in [-0.2, -0.15) is 0 Å². The molecule has 3 aromatic rings. The Morgan fingerprint density at radius 3 is 2.65 bits per heavy atom. The highest BCUT2D eigenvalue weighted by atomic mass is 32.2. The molecule has 0 bridgehead atoms. The largest absolute Gasteiger partial charge is 0.371 e. The molecular weight excluding hydrogens is 412 g/mol. The van der Waals surface area contributed by atoms with Crippen molar-refractivity contribution in [2.45, 2.75) is 31.1 Å². The van der Waals surface area contributed by atoms with Gasteiger partial charge in [-0.25, -0.2) is 13.1 Å². The summed E-state index contributed by atoms with van der Waals surface area (Å²) in [5.74, 6) is -0.371. The summed E-state index contributed by atoms with van der Waals surface area (Å²) in [6, 6.07) is 11.9. The van der Waals surface area contributed by atoms with E-state index in [4.69, 9.17) is 0 Å². The molecule has 31 heavy (non-hydrogen) atoms. The SMILES string of the molecule is CCNS(=O)(=O)c1cccc(C(=O)Nc2ccc(N3CCCCC3)c3ccncc23)c1. The van der Waals surface area contributed by atoms with Crippen LogP contribution in [0.25, 0.3) is 10.8 Å². The Bertz CT molecular complexity index is 1200. The van der Waals surface area contributed by atoms with E-state index < -0.39 is 10.0 Å². The maximum absolute atomic E-state index is 12.9. The van der Waals surface area contributed by atoms with Gasteiger partial charge in [-0.15, -0.1) is 0 Å². The third kappa shape index (κ3) is 4.55. The first-order chi connectivity index (χ1) is 15.0. The van der Waals surface area contributed by atoms with E-state index in [2.05, 4.69) is 19.9 Å². The standard InChI is InChI=1S/C23H26N4O3S/c1-2-25-31(29,30)18-8-6-7-17(15-18)23(28)26-21-9-10-22(27-13-4-3-5-14-27)19-11-12-24-16-20(19)21/h6-12,15-16,25H,2-5,13-14H2,1H3,(H,26,28). The van der Waals surface area contributed by atoms with Crippen molar-refractivity contribution < 1.29 is 13.2 Å². The number of rotatable bonds is 6. The monoisotopic (exact) mass is 438 g/mol. The number of hydrogen-bond acceptors (Lipinski definition) is 5. The van der Waals surface area contributed by atoms with Crippen LogP contribution in [0, 0.1) is 0 Å². The number of sulfonamides is 1. The molecule has 7 nitrogen and oxygen atoms in total. The van der Waals surface area contributed by atoms with Crippen LogP contribution in [-0.2, 0) is 10.0 Å². The van der Waals surface area contributed by atoms with E-state index >= 15 is 0 Å². The lowest BCUT2D eigenvalue weighted by Crippen LogP contribution is -2.29. The molecule has 4 rings (SSSR count). The van der Waals surface area contributed by atoms with Crippen LogP contribution in [0.15, 0.2) is 59.8 Å². The Morgan fingerprint density at radius 1 is 1.06 bits per heavy atom. The average molecular weight is 439 g/mol. The van der Waals surface area contributed by atoms with Gasteiger partial charge in [-0.05, 0) is 55.7 Å². The molecule has 1 aliphatic heterocycles. The van der Waals surface area contributed by atoms with Gasteiger partial charge in [0.15, 0.2) is 0 Å². The normalized spacial score (nSPS) is 14.5. The number of pyridine rings is 1. The predicted octanol–water partition coefficient (Wildman–Crippen LogP) is 3.78. The number of aromatic nitrogens is 1. The second-order valence-electron chi connectivity index (χ2n) is 7.58. The van der Waals surface area contributed by atoms with Crippen molar-refractivity contribution in [1.29, 1.82) is 0 Å². The molecule has 8 heteroatoms. The molecule has 1 saturated heterocycles. The minimum absolute atomic E-state index is 0.0639. The molecule has 0 spiro atoms. The molecule has 2 heterocycles. The fourth-order valence-electron chi connectivity index (χ4n) is 3.97. The molecule has 162 valence electrons. The van der Waals surface area contributed by atoms with Crippen LogP contribution in [0.2, 0.25) is 0 Å². The highest BCUT2D eigenvalue weighted by Gasteiger charge is 2.18. The van der Waals surface area contributed by atoms with E-state index in [1.807, 2.05) is 18.2 Å². The second kappa shape index (κ2) is 9.03. The number of carbonyl (C=O) groups excluding carboxylic acids is 1. The number of benzene rings is 2. The number of nitrogens with one attached hydrogen (secondary N) is 2. The zero-order valence-corrected chi connectivity index (χ0v) is 18.3. The van der Waals surface area contributed by atoms with E-state index in [0.717, 1.165) is 29.5 Å². The molecule has 2 N–H and O–H groups in total. The van der Waals surface area contributed by atoms with Crippen molar-refractivity contribution in [2.24, 2.45) is 0 Å². The Labute approximate surface area is 182 Å². The number of carbonyl (C=O) groups is 1. The molecule has 0 unspecified atom stereocenters. The van der Waals surface area contributed by atoms with Crippen LogP contribution in [0.1, 0.15) is 36.5 Å². The van der Waals surface area contributed by atoms with Crippen LogP contribution in [0.4, 0.5) is 11.4 Å². The molecule has 2 aromatic carbocycles. The lowest BCUT2D eigenvalue weighted by molar-refractivity contribution is 0.102. The summed E-state index contributed by atoms with van der Waals surface area (Å²) in [6.07, 6.45) is 7.13. The van der Waals surface area contributed by atoms with Gasteiger partial charge in [0, 0.05) is 54.1 Å². The smallest absolute Gasteiger partial charge is 0.255 e. The molecule has 0 atom stereocenters. The summed E-state index contributed by atoms with van der Waals surface area (Å²) in [4.78, 5) is 19.6.